The summed E-state index contributed by atoms with van der Waals surface area (Å²) in [5.74, 6) is -0.416. The van der Waals surface area contributed by atoms with Crippen LogP contribution in [0.5, 0.6) is 5.75 Å². The second-order valence-corrected chi connectivity index (χ2v) is 6.14. The van der Waals surface area contributed by atoms with Crippen molar-refractivity contribution in [2.24, 2.45) is 4.36 Å². The predicted octanol–water partition coefficient (Wildman–Crippen LogP) is 3.20. The highest BCUT2D eigenvalue weighted by Crippen LogP contribution is 2.33. The molecule has 8 nitrogen and oxygen atoms in total. The van der Waals surface area contributed by atoms with Gasteiger partial charge in [0.05, 0.1) is 23.0 Å². The molecule has 0 atom stereocenters. The van der Waals surface area contributed by atoms with E-state index in [0.29, 0.717) is 22.7 Å². The number of rotatable bonds is 7. The van der Waals surface area contributed by atoms with Gasteiger partial charge in [0, 0.05) is 23.9 Å². The van der Waals surface area contributed by atoms with Crippen molar-refractivity contribution in [1.29, 1.82) is 5.26 Å². The van der Waals surface area contributed by atoms with E-state index in [4.69, 9.17) is 22.4 Å². The van der Waals surface area contributed by atoms with Crippen molar-refractivity contribution in [1.82, 2.24) is 15.3 Å². The van der Waals surface area contributed by atoms with Gasteiger partial charge in [-0.1, -0.05) is 0 Å². The molecule has 1 amide bonds. The summed E-state index contributed by atoms with van der Waals surface area (Å²) in [6.45, 7) is 1.37. The van der Waals surface area contributed by atoms with Crippen molar-refractivity contribution >= 4 is 46.4 Å². The van der Waals surface area contributed by atoms with Crippen molar-refractivity contribution in [2.45, 2.75) is 6.92 Å². The van der Waals surface area contributed by atoms with Gasteiger partial charge in [-0.2, -0.15) is 9.62 Å². The van der Waals surface area contributed by atoms with Crippen LogP contribution >= 0.6 is 0 Å². The summed E-state index contributed by atoms with van der Waals surface area (Å²) in [6.07, 6.45) is 1.39. The molecule has 0 aliphatic rings. The Hall–Kier alpha value is -3.71. The van der Waals surface area contributed by atoms with Gasteiger partial charge >= 0.3 is 0 Å². The summed E-state index contributed by atoms with van der Waals surface area (Å²) in [7, 11) is 0. The first-order valence-electron chi connectivity index (χ1n) is 8.43. The van der Waals surface area contributed by atoms with Gasteiger partial charge in [0.15, 0.2) is 6.61 Å². The highest BCUT2D eigenvalue weighted by molar-refractivity contribution is 7.47. The molecule has 0 radical (unpaired) electrons. The largest absolute Gasteiger partial charge is 0.481 e. The van der Waals surface area contributed by atoms with Gasteiger partial charge in [-0.05, 0) is 36.8 Å². The Morgan fingerprint density at radius 3 is 2.93 bits per heavy atom. The molecule has 1 heterocycles. The van der Waals surface area contributed by atoms with Crippen LogP contribution in [0.15, 0.2) is 41.0 Å². The van der Waals surface area contributed by atoms with Crippen LogP contribution in [0, 0.1) is 24.1 Å². The molecule has 2 aromatic carbocycles. The van der Waals surface area contributed by atoms with Crippen molar-refractivity contribution in [3.05, 3.63) is 48.0 Å². The third-order valence-corrected chi connectivity index (χ3v) is 4.16. The molecule has 0 bridgehead atoms. The van der Waals surface area contributed by atoms with Gasteiger partial charge in [0.1, 0.15) is 30.3 Å². The summed E-state index contributed by atoms with van der Waals surface area (Å²) in [5, 5.41) is 14.7. The average Bonchev–Trinajstić information content (AvgIpc) is 2.72. The number of carbonyl (C=O) groups is 1. The maximum Gasteiger partial charge on any atom is 0.258 e. The summed E-state index contributed by atoms with van der Waals surface area (Å²) in [4.78, 5) is 20.2. The normalized spacial score (nSPS) is 10.2. The molecule has 1 aromatic heterocycles. The minimum atomic E-state index is -0.525. The van der Waals surface area contributed by atoms with Gasteiger partial charge in [-0.25, -0.2) is 14.4 Å². The standard InChI is InChI=1S/C19H15FN6O2S/c1-11-6-13(26-29)8-15-18(11)19(24-10-23-15)25-14-3-2-12(20)7-16(14)28-9-17(27)22-5-4-21/h2-3,6-8,10H,5,9H2,1H3,(H,22,27)(H,23,24,25). The number of nitriles is 1. The molecule has 0 saturated carbocycles. The number of amides is 1. The highest BCUT2D eigenvalue weighted by atomic mass is 32.1. The molecule has 0 fully saturated rings. The fraction of sp³-hybridized carbons (Fsp3) is 0.158. The molecule has 3 aromatic rings. The average molecular weight is 410 g/mol. The monoisotopic (exact) mass is 410 g/mol. The zero-order valence-corrected chi connectivity index (χ0v) is 16.1. The molecule has 2 N–H and O–H groups in total. The van der Waals surface area contributed by atoms with Crippen molar-refractivity contribution < 1.29 is 13.9 Å². The molecular weight excluding hydrogens is 395 g/mol. The van der Waals surface area contributed by atoms with E-state index in [0.717, 1.165) is 17.0 Å². The number of nitrogens with zero attached hydrogens (tertiary/aromatic N) is 4. The molecule has 29 heavy (non-hydrogen) atoms. The summed E-state index contributed by atoms with van der Waals surface area (Å²) in [6, 6.07) is 9.24. The molecule has 0 aliphatic heterocycles. The van der Waals surface area contributed by atoms with Gasteiger partial charge < -0.3 is 15.4 Å². The lowest BCUT2D eigenvalue weighted by atomic mass is 10.1. The van der Waals surface area contributed by atoms with E-state index in [1.807, 2.05) is 13.0 Å². The number of nitrogens with one attached hydrogen (secondary N) is 2. The first-order chi connectivity index (χ1) is 14.0. The van der Waals surface area contributed by atoms with Crippen LogP contribution in [-0.4, -0.2) is 29.0 Å². The fourth-order valence-corrected chi connectivity index (χ4v) is 2.80. The number of ether oxygens (including phenoxy) is 1. The van der Waals surface area contributed by atoms with Gasteiger partial charge in [0.2, 0.25) is 0 Å². The van der Waals surface area contributed by atoms with E-state index in [1.165, 1.54) is 18.5 Å². The highest BCUT2D eigenvalue weighted by Gasteiger charge is 2.13. The minimum Gasteiger partial charge on any atom is -0.481 e. The van der Waals surface area contributed by atoms with Crippen LogP contribution in [0.1, 0.15) is 5.56 Å². The van der Waals surface area contributed by atoms with Crippen molar-refractivity contribution in [3.63, 3.8) is 0 Å². The first kappa shape index (κ1) is 20.0. The van der Waals surface area contributed by atoms with E-state index in [-0.39, 0.29) is 18.9 Å². The van der Waals surface area contributed by atoms with Crippen LogP contribution in [0.3, 0.4) is 0 Å². The zero-order chi connectivity index (χ0) is 20.8. The second kappa shape index (κ2) is 8.99. The number of anilines is 2. The number of aromatic nitrogens is 2. The Morgan fingerprint density at radius 2 is 2.17 bits per heavy atom. The fourth-order valence-electron chi connectivity index (χ4n) is 2.70. The Bertz CT molecular complexity index is 1130. The molecule has 0 spiro atoms. The van der Waals surface area contributed by atoms with Gasteiger partial charge in [-0.3, -0.25) is 4.79 Å². The van der Waals surface area contributed by atoms with Gasteiger partial charge in [0.25, 0.3) is 5.91 Å². The van der Waals surface area contributed by atoms with E-state index in [2.05, 4.69) is 25.0 Å². The smallest absolute Gasteiger partial charge is 0.258 e. The Morgan fingerprint density at radius 1 is 1.34 bits per heavy atom. The van der Waals surface area contributed by atoms with Crippen LogP contribution in [0.2, 0.25) is 0 Å². The lowest BCUT2D eigenvalue weighted by Gasteiger charge is -2.15. The maximum absolute atomic E-state index is 13.7. The number of benzene rings is 2. The molecule has 0 aliphatic carbocycles. The summed E-state index contributed by atoms with van der Waals surface area (Å²) in [5.41, 5.74) is 2.53. The Balaban J connectivity index is 1.92. The predicted molar refractivity (Wildman–Crippen MR) is 108 cm³/mol. The van der Waals surface area contributed by atoms with Crippen molar-refractivity contribution in [2.75, 3.05) is 18.5 Å². The zero-order valence-electron chi connectivity index (χ0n) is 15.3. The second-order valence-electron chi connectivity index (χ2n) is 5.96. The topological polar surface area (TPSA) is 112 Å². The molecule has 3 rings (SSSR count). The lowest BCUT2D eigenvalue weighted by Crippen LogP contribution is -2.29. The Labute approximate surface area is 170 Å². The molecule has 0 saturated heterocycles. The maximum atomic E-state index is 13.7. The molecular formula is C19H15FN6O2S. The molecule has 146 valence electrons. The van der Waals surface area contributed by atoms with E-state index in [9.17, 15) is 9.18 Å². The van der Waals surface area contributed by atoms with Crippen LogP contribution in [0.25, 0.3) is 10.9 Å². The lowest BCUT2D eigenvalue weighted by molar-refractivity contribution is -0.122. The number of fused-ring (bicyclic) bond motifs is 1. The summed E-state index contributed by atoms with van der Waals surface area (Å²) >= 11 is 4.75. The Kier molecular flexibility index (Phi) is 6.21. The number of hydrogen-bond donors (Lipinski definition) is 2. The van der Waals surface area contributed by atoms with Crippen LogP contribution in [-0.2, 0) is 17.2 Å². The number of aryl methyl sites for hydroxylation is 1. The van der Waals surface area contributed by atoms with Crippen LogP contribution in [0.4, 0.5) is 21.6 Å². The van der Waals surface area contributed by atoms with E-state index in [1.54, 1.807) is 12.1 Å². The van der Waals surface area contributed by atoms with Gasteiger partial charge in [-0.15, -0.1) is 0 Å². The van der Waals surface area contributed by atoms with Crippen LogP contribution < -0.4 is 15.4 Å². The number of carbonyl (C=O) groups excluding carboxylic acids is 1. The van der Waals surface area contributed by atoms with E-state index >= 15 is 0 Å². The number of hydrogen-bond acceptors (Lipinski definition) is 8. The SMILES string of the molecule is Cc1cc(N=S)cc2ncnc(Nc3ccc(F)cc3OCC(=O)NCC#N)c12. The molecule has 0 unspecified atom stereocenters. The number of halogens is 1. The quantitative estimate of drug-likeness (QED) is 0.575. The third kappa shape index (κ3) is 4.77. The third-order valence-electron chi connectivity index (χ3n) is 3.95. The van der Waals surface area contributed by atoms with E-state index < -0.39 is 11.7 Å². The summed E-state index contributed by atoms with van der Waals surface area (Å²) < 4.78 is 22.9. The minimum absolute atomic E-state index is 0.124. The first-order valence-corrected chi connectivity index (χ1v) is 8.80. The molecule has 10 heteroatoms. The van der Waals surface area contributed by atoms with Crippen molar-refractivity contribution in [3.8, 4) is 11.8 Å².